The van der Waals surface area contributed by atoms with Crippen LogP contribution in [-0.4, -0.2) is 54.4 Å². The maximum Gasteiger partial charge on any atom is 0.260 e. The first-order valence-electron chi connectivity index (χ1n) is 9.31. The third-order valence-corrected chi connectivity index (χ3v) is 5.34. The highest BCUT2D eigenvalue weighted by Crippen LogP contribution is 2.27. The Morgan fingerprint density at radius 1 is 1.04 bits per heavy atom. The van der Waals surface area contributed by atoms with Crippen LogP contribution >= 0.6 is 0 Å². The fourth-order valence-corrected chi connectivity index (χ4v) is 3.70. The summed E-state index contributed by atoms with van der Waals surface area (Å²) in [5.41, 5.74) is 2.15. The number of nitrogens with zero attached hydrogens (tertiary/aromatic N) is 2. The van der Waals surface area contributed by atoms with Gasteiger partial charge in [-0.1, -0.05) is 25.0 Å². The van der Waals surface area contributed by atoms with E-state index >= 15 is 0 Å². The molecule has 2 amide bonds. The Balaban J connectivity index is 1.46. The van der Waals surface area contributed by atoms with Crippen molar-refractivity contribution in [1.82, 2.24) is 9.80 Å². The largest absolute Gasteiger partial charge is 0.483 e. The van der Waals surface area contributed by atoms with Gasteiger partial charge in [0.05, 0.1) is 0 Å². The SMILES string of the molecule is Cc1ccc(C)c(OCC(=O)N2CCN(C(=O)C3CCCC3)CC2)c1. The number of carbonyl (C=O) groups is 2. The number of aryl methyl sites for hydroxylation is 2. The van der Waals surface area contributed by atoms with Gasteiger partial charge in [0.15, 0.2) is 6.61 Å². The molecule has 1 aliphatic carbocycles. The van der Waals surface area contributed by atoms with Crippen LogP contribution in [0.5, 0.6) is 5.75 Å². The zero-order chi connectivity index (χ0) is 17.8. The van der Waals surface area contributed by atoms with Gasteiger partial charge in [0.2, 0.25) is 5.91 Å². The van der Waals surface area contributed by atoms with E-state index in [1.165, 1.54) is 12.8 Å². The van der Waals surface area contributed by atoms with E-state index in [-0.39, 0.29) is 24.3 Å². The van der Waals surface area contributed by atoms with Crippen molar-refractivity contribution in [2.24, 2.45) is 5.92 Å². The molecule has 2 aliphatic rings. The number of rotatable bonds is 4. The van der Waals surface area contributed by atoms with Crippen LogP contribution in [0.4, 0.5) is 0 Å². The third kappa shape index (κ3) is 4.33. The van der Waals surface area contributed by atoms with Crippen LogP contribution in [-0.2, 0) is 9.59 Å². The van der Waals surface area contributed by atoms with Gasteiger partial charge >= 0.3 is 0 Å². The molecule has 5 heteroatoms. The molecule has 5 nitrogen and oxygen atoms in total. The molecule has 0 aromatic heterocycles. The predicted octanol–water partition coefficient (Wildman–Crippen LogP) is 2.54. The molecule has 1 saturated heterocycles. The summed E-state index contributed by atoms with van der Waals surface area (Å²) in [6, 6.07) is 5.99. The van der Waals surface area contributed by atoms with Crippen molar-refractivity contribution in [1.29, 1.82) is 0 Å². The maximum absolute atomic E-state index is 12.5. The van der Waals surface area contributed by atoms with Crippen molar-refractivity contribution in [2.75, 3.05) is 32.8 Å². The van der Waals surface area contributed by atoms with Crippen molar-refractivity contribution >= 4 is 11.8 Å². The quantitative estimate of drug-likeness (QED) is 0.843. The Morgan fingerprint density at radius 2 is 1.68 bits per heavy atom. The first kappa shape index (κ1) is 17.8. The van der Waals surface area contributed by atoms with Crippen molar-refractivity contribution in [2.45, 2.75) is 39.5 Å². The number of benzene rings is 1. The first-order valence-corrected chi connectivity index (χ1v) is 9.31. The van der Waals surface area contributed by atoms with E-state index in [1.54, 1.807) is 0 Å². The number of amides is 2. The molecule has 0 bridgehead atoms. The van der Waals surface area contributed by atoms with Crippen molar-refractivity contribution in [3.8, 4) is 5.75 Å². The Hall–Kier alpha value is -2.04. The second-order valence-corrected chi connectivity index (χ2v) is 7.25. The number of ether oxygens (including phenoxy) is 1. The Bertz CT molecular complexity index is 630. The fraction of sp³-hybridized carbons (Fsp3) is 0.600. The molecule has 0 N–H and O–H groups in total. The summed E-state index contributed by atoms with van der Waals surface area (Å²) in [7, 11) is 0. The van der Waals surface area contributed by atoms with Gasteiger partial charge in [-0.15, -0.1) is 0 Å². The molecular weight excluding hydrogens is 316 g/mol. The second-order valence-electron chi connectivity index (χ2n) is 7.25. The van der Waals surface area contributed by atoms with E-state index in [0.29, 0.717) is 26.2 Å². The molecule has 25 heavy (non-hydrogen) atoms. The molecule has 2 fully saturated rings. The van der Waals surface area contributed by atoms with Crippen LogP contribution in [0.1, 0.15) is 36.8 Å². The van der Waals surface area contributed by atoms with E-state index < -0.39 is 0 Å². The van der Waals surface area contributed by atoms with Gasteiger partial charge in [-0.2, -0.15) is 0 Å². The average molecular weight is 344 g/mol. The number of hydrogen-bond acceptors (Lipinski definition) is 3. The summed E-state index contributed by atoms with van der Waals surface area (Å²) in [5.74, 6) is 1.27. The van der Waals surface area contributed by atoms with Crippen LogP contribution in [0.3, 0.4) is 0 Å². The van der Waals surface area contributed by atoms with Crippen molar-refractivity contribution in [3.05, 3.63) is 29.3 Å². The normalized spacial score (nSPS) is 18.5. The molecule has 0 spiro atoms. The first-order chi connectivity index (χ1) is 12.0. The molecule has 1 aliphatic heterocycles. The monoisotopic (exact) mass is 344 g/mol. The van der Waals surface area contributed by atoms with Crippen LogP contribution in [0, 0.1) is 19.8 Å². The van der Waals surface area contributed by atoms with E-state index in [0.717, 1.165) is 29.7 Å². The Kier molecular flexibility index (Phi) is 5.61. The second kappa shape index (κ2) is 7.89. The molecule has 136 valence electrons. The molecular formula is C20H28N2O3. The van der Waals surface area contributed by atoms with E-state index in [4.69, 9.17) is 4.74 Å². The zero-order valence-corrected chi connectivity index (χ0v) is 15.3. The molecule has 1 heterocycles. The lowest BCUT2D eigenvalue weighted by Crippen LogP contribution is -2.52. The van der Waals surface area contributed by atoms with Gasteiger partial charge in [0, 0.05) is 32.1 Å². The van der Waals surface area contributed by atoms with Gasteiger partial charge in [-0.05, 0) is 43.9 Å². The molecule has 0 unspecified atom stereocenters. The summed E-state index contributed by atoms with van der Waals surface area (Å²) in [4.78, 5) is 28.6. The summed E-state index contributed by atoms with van der Waals surface area (Å²) in [6.07, 6.45) is 4.40. The zero-order valence-electron chi connectivity index (χ0n) is 15.3. The summed E-state index contributed by atoms with van der Waals surface area (Å²) in [5, 5.41) is 0. The van der Waals surface area contributed by atoms with Crippen molar-refractivity contribution in [3.63, 3.8) is 0 Å². The van der Waals surface area contributed by atoms with Crippen LogP contribution in [0.2, 0.25) is 0 Å². The molecule has 1 saturated carbocycles. The van der Waals surface area contributed by atoms with Gasteiger partial charge < -0.3 is 14.5 Å². The van der Waals surface area contributed by atoms with E-state index in [1.807, 2.05) is 41.8 Å². The standard InChI is InChI=1S/C20H28N2O3/c1-15-7-8-16(2)18(13-15)25-14-19(23)21-9-11-22(12-10-21)20(24)17-5-3-4-6-17/h7-8,13,17H,3-6,9-12,14H2,1-2H3. The van der Waals surface area contributed by atoms with Crippen LogP contribution in [0.25, 0.3) is 0 Å². The highest BCUT2D eigenvalue weighted by atomic mass is 16.5. The molecule has 1 aromatic carbocycles. The lowest BCUT2D eigenvalue weighted by atomic mass is 10.1. The minimum absolute atomic E-state index is 0.00567. The lowest BCUT2D eigenvalue weighted by Gasteiger charge is -2.36. The van der Waals surface area contributed by atoms with Gasteiger partial charge in [-0.3, -0.25) is 9.59 Å². The third-order valence-electron chi connectivity index (χ3n) is 5.34. The van der Waals surface area contributed by atoms with Crippen LogP contribution < -0.4 is 4.74 Å². The van der Waals surface area contributed by atoms with E-state index in [2.05, 4.69) is 0 Å². The van der Waals surface area contributed by atoms with E-state index in [9.17, 15) is 9.59 Å². The minimum Gasteiger partial charge on any atom is -0.483 e. The highest BCUT2D eigenvalue weighted by molar-refractivity contribution is 5.80. The number of hydrogen-bond donors (Lipinski definition) is 0. The van der Waals surface area contributed by atoms with Crippen LogP contribution in [0.15, 0.2) is 18.2 Å². The molecule has 1 aromatic rings. The average Bonchev–Trinajstić information content (AvgIpc) is 3.16. The number of piperazine rings is 1. The maximum atomic E-state index is 12.5. The Labute approximate surface area is 149 Å². The summed E-state index contributed by atoms with van der Waals surface area (Å²) < 4.78 is 5.72. The molecule has 0 radical (unpaired) electrons. The minimum atomic E-state index is -0.00567. The van der Waals surface area contributed by atoms with Gasteiger partial charge in [0.25, 0.3) is 5.91 Å². The highest BCUT2D eigenvalue weighted by Gasteiger charge is 2.30. The Morgan fingerprint density at radius 3 is 2.36 bits per heavy atom. The van der Waals surface area contributed by atoms with Crippen molar-refractivity contribution < 1.29 is 14.3 Å². The smallest absolute Gasteiger partial charge is 0.260 e. The molecule has 0 atom stereocenters. The predicted molar refractivity (Wildman–Crippen MR) is 96.5 cm³/mol. The fourth-order valence-electron chi connectivity index (χ4n) is 3.70. The van der Waals surface area contributed by atoms with Gasteiger partial charge in [0.1, 0.15) is 5.75 Å². The topological polar surface area (TPSA) is 49.9 Å². The lowest BCUT2D eigenvalue weighted by molar-refractivity contribution is -0.142. The summed E-state index contributed by atoms with van der Waals surface area (Å²) >= 11 is 0. The van der Waals surface area contributed by atoms with Gasteiger partial charge in [-0.25, -0.2) is 0 Å². The molecule has 3 rings (SSSR count). The number of carbonyl (C=O) groups excluding carboxylic acids is 2. The summed E-state index contributed by atoms with van der Waals surface area (Å²) in [6.45, 7) is 6.54.